The minimum absolute atomic E-state index is 0.0481. The summed E-state index contributed by atoms with van der Waals surface area (Å²) in [6.07, 6.45) is -3.67. The predicted octanol–water partition coefficient (Wildman–Crippen LogP) is 5.31. The van der Waals surface area contributed by atoms with Gasteiger partial charge in [-0.1, -0.05) is 38.1 Å². The number of nitriles is 1. The molecule has 8 heteroatoms. The van der Waals surface area contributed by atoms with Gasteiger partial charge in [-0.3, -0.25) is 10.1 Å². The first-order valence-electron chi connectivity index (χ1n) is 11.0. The van der Waals surface area contributed by atoms with Crippen LogP contribution in [0.2, 0.25) is 0 Å². The van der Waals surface area contributed by atoms with Gasteiger partial charge in [-0.2, -0.15) is 18.4 Å². The second-order valence-electron chi connectivity index (χ2n) is 7.98. The number of nitrogens with one attached hydrogen (secondary N) is 1. The topological polar surface area (TPSA) is 78.0 Å². The Balaban J connectivity index is 2.30. The summed E-state index contributed by atoms with van der Waals surface area (Å²) < 4.78 is 42.0. The zero-order valence-corrected chi connectivity index (χ0v) is 19.1. The lowest BCUT2D eigenvalue weighted by Gasteiger charge is -2.26. The number of pyridine rings is 1. The predicted molar refractivity (Wildman–Crippen MR) is 124 cm³/mol. The molecule has 2 atom stereocenters. The molecule has 5 nitrogen and oxygen atoms in total. The molecular weight excluding hydrogens is 443 g/mol. The van der Waals surface area contributed by atoms with Gasteiger partial charge in [0.05, 0.1) is 28.8 Å². The van der Waals surface area contributed by atoms with Crippen LogP contribution in [0.4, 0.5) is 13.2 Å². The molecule has 2 unspecified atom stereocenters. The molecule has 3 rings (SSSR count). The monoisotopic (exact) mass is 469 g/mol. The van der Waals surface area contributed by atoms with E-state index in [-0.39, 0.29) is 22.7 Å². The zero-order chi connectivity index (χ0) is 25.0. The highest BCUT2D eigenvalue weighted by molar-refractivity contribution is 5.67. The summed E-state index contributed by atoms with van der Waals surface area (Å²) in [6.45, 7) is 5.80. The van der Waals surface area contributed by atoms with E-state index >= 15 is 0 Å². The fourth-order valence-corrected chi connectivity index (χ4v) is 4.13. The largest absolute Gasteiger partial charge is 0.416 e. The number of aliphatic hydroxyl groups is 1. The van der Waals surface area contributed by atoms with Crippen LogP contribution in [-0.4, -0.2) is 16.2 Å². The molecule has 0 saturated heterocycles. The van der Waals surface area contributed by atoms with Crippen molar-refractivity contribution in [3.8, 4) is 17.2 Å². The number of nitrogens with zero attached hydrogens (tertiary/aromatic N) is 2. The van der Waals surface area contributed by atoms with Gasteiger partial charge in [-0.25, -0.2) is 0 Å². The molecule has 1 aromatic heterocycles. The molecule has 0 amide bonds. The molecule has 0 fully saturated rings. The van der Waals surface area contributed by atoms with E-state index in [0.717, 1.165) is 17.7 Å². The molecule has 0 spiro atoms. The van der Waals surface area contributed by atoms with Crippen molar-refractivity contribution in [2.24, 2.45) is 0 Å². The third kappa shape index (κ3) is 5.06. The number of aromatic nitrogens is 1. The van der Waals surface area contributed by atoms with Gasteiger partial charge >= 0.3 is 6.18 Å². The first-order valence-corrected chi connectivity index (χ1v) is 11.0. The van der Waals surface area contributed by atoms with E-state index in [4.69, 9.17) is 5.26 Å². The van der Waals surface area contributed by atoms with Crippen molar-refractivity contribution in [1.82, 2.24) is 9.88 Å². The SMILES string of the molecule is CCNC(O)c1cn(C(CC)c2ccc(C#N)cc2)c(C)c(-c2cccc(C(F)(F)F)c2)c1=O. The molecule has 0 aliphatic rings. The molecule has 178 valence electrons. The van der Waals surface area contributed by atoms with Crippen LogP contribution in [0.3, 0.4) is 0 Å². The minimum Gasteiger partial charge on any atom is -0.374 e. The van der Waals surface area contributed by atoms with Crippen LogP contribution in [0.15, 0.2) is 59.5 Å². The third-order valence-corrected chi connectivity index (χ3v) is 5.83. The summed E-state index contributed by atoms with van der Waals surface area (Å²) in [7, 11) is 0. The lowest BCUT2D eigenvalue weighted by Crippen LogP contribution is -2.30. The van der Waals surface area contributed by atoms with Crippen LogP contribution in [0, 0.1) is 18.3 Å². The molecule has 2 aromatic carbocycles. The van der Waals surface area contributed by atoms with Crippen LogP contribution in [-0.2, 0) is 6.18 Å². The lowest BCUT2D eigenvalue weighted by atomic mass is 9.96. The average molecular weight is 470 g/mol. The molecule has 3 aromatic rings. The Labute approximate surface area is 196 Å². The number of alkyl halides is 3. The van der Waals surface area contributed by atoms with E-state index in [1.165, 1.54) is 12.1 Å². The molecular formula is C26H26F3N3O2. The van der Waals surface area contributed by atoms with Crippen molar-refractivity contribution in [2.75, 3.05) is 6.54 Å². The molecule has 2 N–H and O–H groups in total. The van der Waals surface area contributed by atoms with Gasteiger partial charge in [0.15, 0.2) is 5.43 Å². The number of aliphatic hydroxyl groups excluding tert-OH is 1. The smallest absolute Gasteiger partial charge is 0.374 e. The van der Waals surface area contributed by atoms with Gasteiger partial charge in [0, 0.05) is 17.5 Å². The summed E-state index contributed by atoms with van der Waals surface area (Å²) in [5.74, 6) is 0. The Morgan fingerprint density at radius 1 is 1.15 bits per heavy atom. The third-order valence-electron chi connectivity index (χ3n) is 5.83. The minimum atomic E-state index is -4.56. The maximum Gasteiger partial charge on any atom is 0.416 e. The van der Waals surface area contributed by atoms with Gasteiger partial charge in [0.2, 0.25) is 0 Å². The summed E-state index contributed by atoms with van der Waals surface area (Å²) in [6, 6.07) is 13.5. The van der Waals surface area contributed by atoms with E-state index in [0.29, 0.717) is 24.2 Å². The van der Waals surface area contributed by atoms with Gasteiger partial charge in [-0.15, -0.1) is 0 Å². The fourth-order valence-electron chi connectivity index (χ4n) is 4.13. The quantitative estimate of drug-likeness (QED) is 0.460. The van der Waals surface area contributed by atoms with Crippen molar-refractivity contribution in [1.29, 1.82) is 5.26 Å². The Bertz CT molecular complexity index is 1260. The van der Waals surface area contributed by atoms with Gasteiger partial charge < -0.3 is 9.67 Å². The molecule has 0 aliphatic heterocycles. The van der Waals surface area contributed by atoms with Crippen molar-refractivity contribution < 1.29 is 18.3 Å². The Morgan fingerprint density at radius 3 is 2.38 bits per heavy atom. The highest BCUT2D eigenvalue weighted by atomic mass is 19.4. The van der Waals surface area contributed by atoms with Gasteiger partial charge in [0.25, 0.3) is 0 Å². The van der Waals surface area contributed by atoms with E-state index in [2.05, 4.69) is 11.4 Å². The summed E-state index contributed by atoms with van der Waals surface area (Å²) in [5.41, 5.74) is 0.748. The number of halogens is 3. The first-order chi connectivity index (χ1) is 16.1. The Hall–Kier alpha value is -3.41. The molecule has 0 radical (unpaired) electrons. The molecule has 0 aliphatic carbocycles. The number of hydrogen-bond donors (Lipinski definition) is 2. The Morgan fingerprint density at radius 2 is 1.82 bits per heavy atom. The zero-order valence-electron chi connectivity index (χ0n) is 19.1. The Kier molecular flexibility index (Phi) is 7.60. The molecule has 34 heavy (non-hydrogen) atoms. The van der Waals surface area contributed by atoms with Crippen LogP contribution in [0.1, 0.15) is 60.5 Å². The number of rotatable bonds is 7. The van der Waals surface area contributed by atoms with Gasteiger partial charge in [-0.05, 0) is 55.3 Å². The van der Waals surface area contributed by atoms with Crippen molar-refractivity contribution >= 4 is 0 Å². The van der Waals surface area contributed by atoms with Gasteiger partial charge in [0.1, 0.15) is 6.23 Å². The molecule has 0 bridgehead atoms. The number of benzene rings is 2. The lowest BCUT2D eigenvalue weighted by molar-refractivity contribution is -0.137. The second-order valence-corrected chi connectivity index (χ2v) is 7.98. The maximum absolute atomic E-state index is 13.4. The first kappa shape index (κ1) is 25.2. The second kappa shape index (κ2) is 10.2. The standard InChI is InChI=1S/C26H26F3N3O2/c1-4-22(18-11-9-17(14-30)10-12-18)32-15-21(25(34)31-5-2)24(33)23(16(32)3)19-7-6-8-20(13-19)26(27,28)29/h6-13,15,22,25,31,34H,4-5H2,1-3H3. The van der Waals surface area contributed by atoms with E-state index in [1.807, 2.05) is 23.6 Å². The highest BCUT2D eigenvalue weighted by Crippen LogP contribution is 2.34. The van der Waals surface area contributed by atoms with E-state index in [1.54, 1.807) is 32.2 Å². The average Bonchev–Trinajstić information content (AvgIpc) is 2.81. The summed E-state index contributed by atoms with van der Waals surface area (Å²) in [4.78, 5) is 13.4. The van der Waals surface area contributed by atoms with E-state index < -0.39 is 23.4 Å². The van der Waals surface area contributed by atoms with Crippen molar-refractivity contribution in [2.45, 2.75) is 45.6 Å². The van der Waals surface area contributed by atoms with Crippen LogP contribution in [0.5, 0.6) is 0 Å². The fraction of sp³-hybridized carbons (Fsp3) is 0.308. The molecule has 1 heterocycles. The van der Waals surface area contributed by atoms with Crippen LogP contribution < -0.4 is 10.7 Å². The van der Waals surface area contributed by atoms with Crippen molar-refractivity contribution in [3.05, 3.63) is 92.9 Å². The normalized spacial score (nSPS) is 13.4. The van der Waals surface area contributed by atoms with Crippen molar-refractivity contribution in [3.63, 3.8) is 0 Å². The maximum atomic E-state index is 13.4. The number of hydrogen-bond acceptors (Lipinski definition) is 4. The highest BCUT2D eigenvalue weighted by Gasteiger charge is 2.31. The van der Waals surface area contributed by atoms with E-state index in [9.17, 15) is 23.1 Å². The van der Waals surface area contributed by atoms with Crippen LogP contribution >= 0.6 is 0 Å². The van der Waals surface area contributed by atoms with Crippen LogP contribution in [0.25, 0.3) is 11.1 Å². The molecule has 0 saturated carbocycles. The summed E-state index contributed by atoms with van der Waals surface area (Å²) >= 11 is 0. The summed E-state index contributed by atoms with van der Waals surface area (Å²) in [5, 5.41) is 22.5.